The molecule has 0 aliphatic rings. The minimum atomic E-state index is -0.601. The van der Waals surface area contributed by atoms with Gasteiger partial charge < -0.3 is 9.47 Å². The Morgan fingerprint density at radius 1 is 0.694 bits per heavy atom. The number of ether oxygens (including phenoxy) is 2. The zero-order valence-corrected chi connectivity index (χ0v) is 20.3. The van der Waals surface area contributed by atoms with E-state index in [1.165, 1.54) is 12.3 Å². The topological polar surface area (TPSA) is 94.1 Å². The summed E-state index contributed by atoms with van der Waals surface area (Å²) < 4.78 is 11.9. The zero-order chi connectivity index (χ0) is 25.3. The third-order valence-corrected chi connectivity index (χ3v) is 5.42. The van der Waals surface area contributed by atoms with Gasteiger partial charge in [-0.2, -0.15) is 5.10 Å². The van der Waals surface area contributed by atoms with Crippen LogP contribution in [-0.2, 0) is 0 Å². The van der Waals surface area contributed by atoms with Crippen LogP contribution in [0.2, 0.25) is 0 Å². The minimum Gasteiger partial charge on any atom is -0.423 e. The van der Waals surface area contributed by atoms with Crippen LogP contribution in [0, 0.1) is 0 Å². The van der Waals surface area contributed by atoms with Crippen LogP contribution in [0.15, 0.2) is 113 Å². The Labute approximate surface area is 215 Å². The number of amides is 1. The van der Waals surface area contributed by atoms with Crippen molar-refractivity contribution >= 4 is 40.0 Å². The van der Waals surface area contributed by atoms with Gasteiger partial charge in [-0.3, -0.25) is 4.79 Å². The molecule has 0 saturated carbocycles. The van der Waals surface area contributed by atoms with Crippen molar-refractivity contribution < 1.29 is 23.9 Å². The van der Waals surface area contributed by atoms with Gasteiger partial charge in [0.1, 0.15) is 11.5 Å². The highest BCUT2D eigenvalue weighted by molar-refractivity contribution is 9.10. The number of rotatable bonds is 7. The molecule has 0 atom stereocenters. The number of hydrazone groups is 1. The predicted octanol–water partition coefficient (Wildman–Crippen LogP) is 5.65. The van der Waals surface area contributed by atoms with Crippen molar-refractivity contribution in [3.8, 4) is 11.5 Å². The standard InChI is InChI=1S/C28H19BrN2O5/c29-23-14-11-19(12-15-23)26(32)31-30-18-22-13-16-24(35-27(33)20-7-3-1-4-8-20)17-25(22)36-28(34)21-9-5-2-6-10-21/h1-18H,(H,31,32)/b30-18-. The van der Waals surface area contributed by atoms with E-state index in [0.29, 0.717) is 22.3 Å². The quantitative estimate of drug-likeness (QED) is 0.141. The molecule has 36 heavy (non-hydrogen) atoms. The first-order valence-electron chi connectivity index (χ1n) is 10.8. The molecule has 178 valence electrons. The van der Waals surface area contributed by atoms with Crippen molar-refractivity contribution in [1.82, 2.24) is 5.43 Å². The van der Waals surface area contributed by atoms with Gasteiger partial charge >= 0.3 is 11.9 Å². The van der Waals surface area contributed by atoms with E-state index in [0.717, 1.165) is 4.47 Å². The highest BCUT2D eigenvalue weighted by atomic mass is 79.9. The first-order chi connectivity index (χ1) is 17.5. The second-order valence-electron chi connectivity index (χ2n) is 7.42. The van der Waals surface area contributed by atoms with E-state index in [2.05, 4.69) is 26.5 Å². The molecule has 0 radical (unpaired) electrons. The summed E-state index contributed by atoms with van der Waals surface area (Å²) in [4.78, 5) is 37.4. The number of carbonyl (C=O) groups excluding carboxylic acids is 3. The molecule has 0 saturated heterocycles. The Kier molecular flexibility index (Phi) is 8.00. The van der Waals surface area contributed by atoms with Gasteiger partial charge in [-0.15, -0.1) is 0 Å². The van der Waals surface area contributed by atoms with E-state index < -0.39 is 17.8 Å². The number of benzene rings is 4. The van der Waals surface area contributed by atoms with Gasteiger partial charge in [0.2, 0.25) is 0 Å². The third kappa shape index (κ3) is 6.52. The lowest BCUT2D eigenvalue weighted by atomic mass is 10.2. The van der Waals surface area contributed by atoms with Crippen LogP contribution in [0.1, 0.15) is 36.6 Å². The van der Waals surface area contributed by atoms with Crippen molar-refractivity contribution in [2.45, 2.75) is 0 Å². The summed E-state index contributed by atoms with van der Waals surface area (Å²) in [5.41, 5.74) is 3.97. The summed E-state index contributed by atoms with van der Waals surface area (Å²) in [6.07, 6.45) is 1.34. The summed E-state index contributed by atoms with van der Waals surface area (Å²) in [5, 5.41) is 3.98. The first-order valence-corrected chi connectivity index (χ1v) is 11.6. The lowest BCUT2D eigenvalue weighted by Gasteiger charge is -2.10. The Hall–Kier alpha value is -4.56. The van der Waals surface area contributed by atoms with Crippen molar-refractivity contribution in [3.63, 3.8) is 0 Å². The number of hydrogen-bond donors (Lipinski definition) is 1. The maximum absolute atomic E-state index is 12.7. The lowest BCUT2D eigenvalue weighted by molar-refractivity contribution is 0.0732. The van der Waals surface area contributed by atoms with Gasteiger partial charge in [0, 0.05) is 21.7 Å². The maximum atomic E-state index is 12.7. The van der Waals surface area contributed by atoms with Gasteiger partial charge in [0.05, 0.1) is 17.3 Å². The fourth-order valence-corrected chi connectivity index (χ4v) is 3.34. The molecule has 8 heteroatoms. The van der Waals surface area contributed by atoms with Crippen LogP contribution < -0.4 is 14.9 Å². The second kappa shape index (κ2) is 11.7. The molecule has 7 nitrogen and oxygen atoms in total. The molecule has 0 heterocycles. The highest BCUT2D eigenvalue weighted by Crippen LogP contribution is 2.26. The largest absolute Gasteiger partial charge is 0.423 e. The van der Waals surface area contributed by atoms with Gasteiger partial charge in [-0.05, 0) is 60.7 Å². The van der Waals surface area contributed by atoms with E-state index in [1.807, 2.05) is 0 Å². The molecular formula is C28H19BrN2O5. The number of esters is 2. The Balaban J connectivity index is 1.55. The zero-order valence-electron chi connectivity index (χ0n) is 18.8. The molecule has 0 aliphatic heterocycles. The number of halogens is 1. The highest BCUT2D eigenvalue weighted by Gasteiger charge is 2.15. The molecule has 1 N–H and O–H groups in total. The maximum Gasteiger partial charge on any atom is 0.343 e. The summed E-state index contributed by atoms with van der Waals surface area (Å²) in [5.74, 6) is -1.29. The van der Waals surface area contributed by atoms with Crippen LogP contribution >= 0.6 is 15.9 Å². The van der Waals surface area contributed by atoms with E-state index in [-0.39, 0.29) is 11.5 Å². The SMILES string of the molecule is O=C(N/N=C\c1ccc(OC(=O)c2ccccc2)cc1OC(=O)c1ccccc1)c1ccc(Br)cc1. The van der Waals surface area contributed by atoms with E-state index in [4.69, 9.17) is 9.47 Å². The van der Waals surface area contributed by atoms with Crippen molar-refractivity contribution in [2.24, 2.45) is 5.10 Å². The number of hydrogen-bond acceptors (Lipinski definition) is 6. The number of carbonyl (C=O) groups is 3. The van der Waals surface area contributed by atoms with Crippen molar-refractivity contribution in [3.05, 3.63) is 130 Å². The van der Waals surface area contributed by atoms with Gasteiger partial charge in [-0.1, -0.05) is 52.3 Å². The van der Waals surface area contributed by atoms with E-state index in [1.54, 1.807) is 97.1 Å². The lowest BCUT2D eigenvalue weighted by Crippen LogP contribution is -2.17. The summed E-state index contributed by atoms with van der Waals surface area (Å²) in [6.45, 7) is 0. The average Bonchev–Trinajstić information content (AvgIpc) is 2.91. The van der Waals surface area contributed by atoms with Gasteiger partial charge in [0.25, 0.3) is 5.91 Å². The van der Waals surface area contributed by atoms with Gasteiger partial charge in [0.15, 0.2) is 0 Å². The Morgan fingerprint density at radius 2 is 1.28 bits per heavy atom. The minimum absolute atomic E-state index is 0.101. The fourth-order valence-electron chi connectivity index (χ4n) is 3.07. The fraction of sp³-hybridized carbons (Fsp3) is 0. The van der Waals surface area contributed by atoms with Crippen LogP contribution in [-0.4, -0.2) is 24.1 Å². The molecule has 0 aliphatic carbocycles. The average molecular weight is 543 g/mol. The Bertz CT molecular complexity index is 1410. The molecule has 0 bridgehead atoms. The summed E-state index contributed by atoms with van der Waals surface area (Å²) in [7, 11) is 0. The number of nitrogens with one attached hydrogen (secondary N) is 1. The molecular weight excluding hydrogens is 524 g/mol. The van der Waals surface area contributed by atoms with Crippen LogP contribution in [0.4, 0.5) is 0 Å². The molecule has 0 aromatic heterocycles. The molecule has 0 fully saturated rings. The second-order valence-corrected chi connectivity index (χ2v) is 8.33. The van der Waals surface area contributed by atoms with E-state index >= 15 is 0 Å². The third-order valence-electron chi connectivity index (χ3n) is 4.89. The molecule has 4 rings (SSSR count). The monoisotopic (exact) mass is 542 g/mol. The molecule has 4 aromatic rings. The predicted molar refractivity (Wildman–Crippen MR) is 138 cm³/mol. The van der Waals surface area contributed by atoms with Crippen molar-refractivity contribution in [2.75, 3.05) is 0 Å². The van der Waals surface area contributed by atoms with E-state index in [9.17, 15) is 14.4 Å². The molecule has 0 spiro atoms. The van der Waals surface area contributed by atoms with Crippen LogP contribution in [0.25, 0.3) is 0 Å². The number of nitrogens with zero attached hydrogens (tertiary/aromatic N) is 1. The van der Waals surface area contributed by atoms with Gasteiger partial charge in [-0.25, -0.2) is 15.0 Å². The normalized spacial score (nSPS) is 10.6. The van der Waals surface area contributed by atoms with Crippen LogP contribution in [0.5, 0.6) is 11.5 Å². The molecule has 1 amide bonds. The smallest absolute Gasteiger partial charge is 0.343 e. The first kappa shape index (κ1) is 24.6. The molecule has 4 aromatic carbocycles. The van der Waals surface area contributed by atoms with Crippen LogP contribution in [0.3, 0.4) is 0 Å². The summed E-state index contributed by atoms with van der Waals surface area (Å²) in [6, 6.07) is 28.3. The summed E-state index contributed by atoms with van der Waals surface area (Å²) >= 11 is 3.32. The molecule has 0 unspecified atom stereocenters. The van der Waals surface area contributed by atoms with Crippen molar-refractivity contribution in [1.29, 1.82) is 0 Å². The Morgan fingerprint density at radius 3 is 1.89 bits per heavy atom.